The number of nitrogens with zero attached hydrogens (tertiary/aromatic N) is 2. The third kappa shape index (κ3) is 3.90. The fourth-order valence-corrected chi connectivity index (χ4v) is 3.27. The molecule has 116 valence electrons. The molecule has 0 bridgehead atoms. The van der Waals surface area contributed by atoms with Crippen LogP contribution in [0.5, 0.6) is 0 Å². The summed E-state index contributed by atoms with van der Waals surface area (Å²) in [4.78, 5) is 18.1. The number of likely N-dealkylation sites (N-methyl/N-ethyl adjacent to an activating group) is 1. The summed E-state index contributed by atoms with van der Waals surface area (Å²) in [6.07, 6.45) is 4.99. The van der Waals surface area contributed by atoms with Crippen LogP contribution < -0.4 is 0 Å². The molecule has 3 atom stereocenters. The van der Waals surface area contributed by atoms with Gasteiger partial charge < -0.3 is 14.7 Å². The maximum absolute atomic E-state index is 12.2. The van der Waals surface area contributed by atoms with Crippen molar-refractivity contribution < 1.29 is 14.6 Å². The van der Waals surface area contributed by atoms with Gasteiger partial charge in [0.2, 0.25) is 5.91 Å². The number of amides is 1. The molecule has 0 saturated heterocycles. The highest BCUT2D eigenvalue weighted by molar-refractivity contribution is 7.09. The van der Waals surface area contributed by atoms with Crippen LogP contribution in [0.4, 0.5) is 0 Å². The number of carbonyl (C=O) groups excluding carboxylic acids is 1. The van der Waals surface area contributed by atoms with Gasteiger partial charge in [0.05, 0.1) is 22.8 Å². The Bertz CT molecular complexity index is 515. The van der Waals surface area contributed by atoms with Crippen LogP contribution in [-0.4, -0.2) is 53.3 Å². The lowest BCUT2D eigenvalue weighted by molar-refractivity contribution is -0.135. The minimum atomic E-state index is -0.632. The predicted molar refractivity (Wildman–Crippen MR) is 83.1 cm³/mol. The topological polar surface area (TPSA) is 62.7 Å². The Kier molecular flexibility index (Phi) is 5.50. The Morgan fingerprint density at radius 3 is 2.95 bits per heavy atom. The van der Waals surface area contributed by atoms with E-state index in [1.54, 1.807) is 36.5 Å². The van der Waals surface area contributed by atoms with Gasteiger partial charge in [0, 0.05) is 25.6 Å². The molecule has 1 heterocycles. The first kappa shape index (κ1) is 16.1. The number of rotatable bonds is 4. The second kappa shape index (κ2) is 7.15. The Morgan fingerprint density at radius 1 is 1.57 bits per heavy atom. The molecule has 0 aliphatic heterocycles. The van der Waals surface area contributed by atoms with Gasteiger partial charge in [-0.25, -0.2) is 4.98 Å². The monoisotopic (exact) mass is 310 g/mol. The standard InChI is InChI=1S/C15H22N2O3S/c1-10-16-11(9-21-10)7-8-14(18)17(2)12-5-4-6-13(20-3)15(12)19/h7-9,12-13,15,19H,4-6H2,1-3H3/b8-7+/t12-,13-,15-/m1/s1. The van der Waals surface area contributed by atoms with Crippen molar-refractivity contribution in [1.29, 1.82) is 0 Å². The summed E-state index contributed by atoms with van der Waals surface area (Å²) < 4.78 is 5.28. The van der Waals surface area contributed by atoms with Crippen molar-refractivity contribution in [2.75, 3.05) is 14.2 Å². The zero-order valence-corrected chi connectivity index (χ0v) is 13.5. The van der Waals surface area contributed by atoms with Crippen LogP contribution >= 0.6 is 11.3 Å². The van der Waals surface area contributed by atoms with Crippen molar-refractivity contribution in [2.45, 2.75) is 44.4 Å². The summed E-state index contributed by atoms with van der Waals surface area (Å²) in [7, 11) is 3.33. The highest BCUT2D eigenvalue weighted by Gasteiger charge is 2.35. The summed E-state index contributed by atoms with van der Waals surface area (Å²) in [6.45, 7) is 1.93. The quantitative estimate of drug-likeness (QED) is 0.862. The van der Waals surface area contributed by atoms with Gasteiger partial charge in [-0.05, 0) is 32.3 Å². The van der Waals surface area contributed by atoms with Crippen LogP contribution in [0.1, 0.15) is 30.0 Å². The molecular formula is C15H22N2O3S. The fraction of sp³-hybridized carbons (Fsp3) is 0.600. The van der Waals surface area contributed by atoms with Gasteiger partial charge in [0.15, 0.2) is 0 Å². The first-order valence-electron chi connectivity index (χ1n) is 7.10. The van der Waals surface area contributed by atoms with Crippen molar-refractivity contribution in [3.63, 3.8) is 0 Å². The number of methoxy groups -OCH3 is 1. The van der Waals surface area contributed by atoms with E-state index in [0.29, 0.717) is 0 Å². The summed E-state index contributed by atoms with van der Waals surface area (Å²) in [5, 5.41) is 13.2. The largest absolute Gasteiger partial charge is 0.388 e. The van der Waals surface area contributed by atoms with E-state index in [0.717, 1.165) is 30.0 Å². The Labute approximate surface area is 129 Å². The van der Waals surface area contributed by atoms with Crippen molar-refractivity contribution in [1.82, 2.24) is 9.88 Å². The molecule has 1 aliphatic rings. The average molecular weight is 310 g/mol. The molecule has 1 N–H and O–H groups in total. The number of aryl methyl sites for hydroxylation is 1. The molecule has 1 aromatic heterocycles. The van der Waals surface area contributed by atoms with Crippen molar-refractivity contribution in [3.8, 4) is 0 Å². The number of aliphatic hydroxyl groups excluding tert-OH is 1. The summed E-state index contributed by atoms with van der Waals surface area (Å²) >= 11 is 1.55. The van der Waals surface area contributed by atoms with E-state index in [1.807, 2.05) is 12.3 Å². The maximum Gasteiger partial charge on any atom is 0.246 e. The van der Waals surface area contributed by atoms with Crippen LogP contribution in [0.2, 0.25) is 0 Å². The summed E-state index contributed by atoms with van der Waals surface area (Å²) in [5.74, 6) is -0.124. The fourth-order valence-electron chi connectivity index (χ4n) is 2.69. The third-order valence-corrected chi connectivity index (χ3v) is 4.74. The number of hydrogen-bond acceptors (Lipinski definition) is 5. The van der Waals surface area contributed by atoms with Crippen molar-refractivity contribution in [3.05, 3.63) is 22.2 Å². The number of aromatic nitrogens is 1. The van der Waals surface area contributed by atoms with Gasteiger partial charge in [-0.1, -0.05) is 0 Å². The average Bonchev–Trinajstić information content (AvgIpc) is 2.90. The van der Waals surface area contributed by atoms with Crippen LogP contribution in [0.3, 0.4) is 0 Å². The lowest BCUT2D eigenvalue weighted by Gasteiger charge is -2.38. The number of thiazole rings is 1. The minimum Gasteiger partial charge on any atom is -0.388 e. The highest BCUT2D eigenvalue weighted by atomic mass is 32.1. The van der Waals surface area contributed by atoms with Crippen LogP contribution in [-0.2, 0) is 9.53 Å². The molecule has 2 rings (SSSR count). The Morgan fingerprint density at radius 2 is 2.33 bits per heavy atom. The second-order valence-corrected chi connectivity index (χ2v) is 6.40. The maximum atomic E-state index is 12.2. The number of aliphatic hydroxyl groups is 1. The first-order valence-corrected chi connectivity index (χ1v) is 7.98. The highest BCUT2D eigenvalue weighted by Crippen LogP contribution is 2.25. The van der Waals surface area contributed by atoms with Crippen LogP contribution in [0.25, 0.3) is 6.08 Å². The molecule has 0 unspecified atom stereocenters. The van der Waals surface area contributed by atoms with E-state index < -0.39 is 6.10 Å². The van der Waals surface area contributed by atoms with Gasteiger partial charge in [0.25, 0.3) is 0 Å². The van der Waals surface area contributed by atoms with Gasteiger partial charge in [-0.15, -0.1) is 11.3 Å². The van der Waals surface area contributed by atoms with E-state index in [-0.39, 0.29) is 18.1 Å². The number of hydrogen-bond donors (Lipinski definition) is 1. The van der Waals surface area contributed by atoms with E-state index in [4.69, 9.17) is 4.74 Å². The SMILES string of the molecule is CO[C@@H]1CCC[C@@H](N(C)C(=O)/C=C/c2csc(C)n2)[C@H]1O. The van der Waals surface area contributed by atoms with Gasteiger partial charge in [-0.2, -0.15) is 0 Å². The molecule has 1 fully saturated rings. The van der Waals surface area contributed by atoms with Crippen molar-refractivity contribution in [2.24, 2.45) is 0 Å². The summed E-state index contributed by atoms with van der Waals surface area (Å²) in [5.41, 5.74) is 0.790. The molecule has 1 saturated carbocycles. The molecule has 5 nitrogen and oxygen atoms in total. The van der Waals surface area contributed by atoms with Gasteiger partial charge in [0.1, 0.15) is 6.10 Å². The zero-order chi connectivity index (χ0) is 15.4. The van der Waals surface area contributed by atoms with Crippen molar-refractivity contribution >= 4 is 23.3 Å². The molecule has 21 heavy (non-hydrogen) atoms. The Hall–Kier alpha value is -1.24. The zero-order valence-electron chi connectivity index (χ0n) is 12.7. The Balaban J connectivity index is 1.99. The molecule has 0 radical (unpaired) electrons. The van der Waals surface area contributed by atoms with E-state index in [2.05, 4.69) is 4.98 Å². The smallest absolute Gasteiger partial charge is 0.246 e. The third-order valence-electron chi connectivity index (χ3n) is 3.94. The second-order valence-electron chi connectivity index (χ2n) is 5.34. The lowest BCUT2D eigenvalue weighted by atomic mass is 9.89. The summed E-state index contributed by atoms with van der Waals surface area (Å²) in [6, 6.07) is -0.196. The van der Waals surface area contributed by atoms with Crippen LogP contribution in [0.15, 0.2) is 11.5 Å². The first-order chi connectivity index (χ1) is 10.0. The normalized spacial score (nSPS) is 26.2. The number of carbonyl (C=O) groups is 1. The van der Waals surface area contributed by atoms with E-state index in [1.165, 1.54) is 6.08 Å². The molecule has 0 spiro atoms. The molecule has 6 heteroatoms. The number of ether oxygens (including phenoxy) is 1. The molecule has 0 aromatic carbocycles. The minimum absolute atomic E-state index is 0.124. The molecule has 1 aliphatic carbocycles. The van der Waals surface area contributed by atoms with Crippen LogP contribution in [0, 0.1) is 6.92 Å². The van der Waals surface area contributed by atoms with E-state index >= 15 is 0 Å². The van der Waals surface area contributed by atoms with E-state index in [9.17, 15) is 9.90 Å². The predicted octanol–water partition coefficient (Wildman–Crippen LogP) is 1.85. The van der Waals surface area contributed by atoms with Gasteiger partial charge >= 0.3 is 0 Å². The van der Waals surface area contributed by atoms with Gasteiger partial charge in [-0.3, -0.25) is 4.79 Å². The molecule has 1 amide bonds. The molecular weight excluding hydrogens is 288 g/mol. The molecule has 1 aromatic rings. The lowest BCUT2D eigenvalue weighted by Crippen LogP contribution is -2.51.